The van der Waals surface area contributed by atoms with Crippen LogP contribution >= 0.6 is 23.2 Å². The highest BCUT2D eigenvalue weighted by molar-refractivity contribution is 6.33. The Morgan fingerprint density at radius 3 is 2.60 bits per heavy atom. The molecule has 3 heteroatoms. The SMILES string of the molecule is CCc1cc(Cl)cc(Cl)n1. The van der Waals surface area contributed by atoms with Gasteiger partial charge in [0, 0.05) is 10.7 Å². The van der Waals surface area contributed by atoms with Gasteiger partial charge in [0.1, 0.15) is 5.15 Å². The second-order valence-electron chi connectivity index (χ2n) is 1.95. The fourth-order valence-corrected chi connectivity index (χ4v) is 1.21. The summed E-state index contributed by atoms with van der Waals surface area (Å²) < 4.78 is 0. The molecule has 54 valence electrons. The first-order valence-electron chi connectivity index (χ1n) is 3.04. The quantitative estimate of drug-likeness (QED) is 0.599. The van der Waals surface area contributed by atoms with Crippen LogP contribution in [0.1, 0.15) is 12.6 Å². The fraction of sp³-hybridized carbons (Fsp3) is 0.286. The van der Waals surface area contributed by atoms with Crippen molar-refractivity contribution in [1.82, 2.24) is 4.98 Å². The average Bonchev–Trinajstić information content (AvgIpc) is 1.85. The molecule has 0 aliphatic rings. The summed E-state index contributed by atoms with van der Waals surface area (Å²) in [6.45, 7) is 2.01. The van der Waals surface area contributed by atoms with Crippen molar-refractivity contribution in [2.45, 2.75) is 13.3 Å². The topological polar surface area (TPSA) is 12.9 Å². The second kappa shape index (κ2) is 3.22. The minimum Gasteiger partial charge on any atom is -0.241 e. The van der Waals surface area contributed by atoms with Crippen LogP contribution in [0.15, 0.2) is 12.1 Å². The highest BCUT2D eigenvalue weighted by Gasteiger charge is 1.95. The van der Waals surface area contributed by atoms with Gasteiger partial charge >= 0.3 is 0 Å². The molecule has 0 N–H and O–H groups in total. The Kier molecular flexibility index (Phi) is 2.52. The van der Waals surface area contributed by atoms with Gasteiger partial charge in [-0.2, -0.15) is 0 Å². The Morgan fingerprint density at radius 2 is 2.10 bits per heavy atom. The van der Waals surface area contributed by atoms with Crippen LogP contribution in [0.25, 0.3) is 0 Å². The van der Waals surface area contributed by atoms with Gasteiger partial charge in [-0.3, -0.25) is 0 Å². The van der Waals surface area contributed by atoms with Crippen LogP contribution in [0, 0.1) is 0 Å². The number of aromatic nitrogens is 1. The van der Waals surface area contributed by atoms with E-state index in [1.54, 1.807) is 6.07 Å². The second-order valence-corrected chi connectivity index (χ2v) is 2.78. The van der Waals surface area contributed by atoms with Crippen molar-refractivity contribution in [3.63, 3.8) is 0 Å². The van der Waals surface area contributed by atoms with E-state index in [9.17, 15) is 0 Å². The molecule has 0 aromatic carbocycles. The van der Waals surface area contributed by atoms with Crippen LogP contribution in [0.2, 0.25) is 10.2 Å². The molecular weight excluding hydrogens is 169 g/mol. The lowest BCUT2D eigenvalue weighted by molar-refractivity contribution is 1.04. The zero-order chi connectivity index (χ0) is 7.56. The fourth-order valence-electron chi connectivity index (χ4n) is 0.697. The Hall–Kier alpha value is -0.270. The summed E-state index contributed by atoms with van der Waals surface area (Å²) in [6.07, 6.45) is 0.861. The van der Waals surface area contributed by atoms with Gasteiger partial charge in [0.15, 0.2) is 0 Å². The summed E-state index contributed by atoms with van der Waals surface area (Å²) in [7, 11) is 0. The molecule has 1 aromatic heterocycles. The van der Waals surface area contributed by atoms with Gasteiger partial charge in [-0.25, -0.2) is 4.98 Å². The monoisotopic (exact) mass is 175 g/mol. The van der Waals surface area contributed by atoms with Crippen molar-refractivity contribution in [2.75, 3.05) is 0 Å². The van der Waals surface area contributed by atoms with E-state index in [0.717, 1.165) is 12.1 Å². The van der Waals surface area contributed by atoms with Crippen molar-refractivity contribution in [3.8, 4) is 0 Å². The zero-order valence-corrected chi connectivity index (χ0v) is 7.08. The lowest BCUT2D eigenvalue weighted by Crippen LogP contribution is -1.85. The number of rotatable bonds is 1. The van der Waals surface area contributed by atoms with Crippen LogP contribution in [0.3, 0.4) is 0 Å². The minimum absolute atomic E-state index is 0.462. The van der Waals surface area contributed by atoms with Crippen LogP contribution in [-0.4, -0.2) is 4.98 Å². The van der Waals surface area contributed by atoms with E-state index in [4.69, 9.17) is 23.2 Å². The molecule has 0 saturated carbocycles. The van der Waals surface area contributed by atoms with E-state index >= 15 is 0 Å². The highest BCUT2D eigenvalue weighted by atomic mass is 35.5. The summed E-state index contributed by atoms with van der Waals surface area (Å²) in [4.78, 5) is 4.03. The van der Waals surface area contributed by atoms with Crippen LogP contribution in [-0.2, 0) is 6.42 Å². The van der Waals surface area contributed by atoms with E-state index in [1.165, 1.54) is 0 Å². The smallest absolute Gasteiger partial charge is 0.130 e. The van der Waals surface area contributed by atoms with Gasteiger partial charge in [0.05, 0.1) is 0 Å². The maximum Gasteiger partial charge on any atom is 0.130 e. The van der Waals surface area contributed by atoms with E-state index in [-0.39, 0.29) is 0 Å². The van der Waals surface area contributed by atoms with Gasteiger partial charge < -0.3 is 0 Å². The maximum absolute atomic E-state index is 5.70. The molecule has 1 aromatic rings. The molecule has 0 amide bonds. The highest BCUT2D eigenvalue weighted by Crippen LogP contribution is 2.15. The Bertz CT molecular complexity index is 215. The van der Waals surface area contributed by atoms with Gasteiger partial charge in [-0.15, -0.1) is 0 Å². The molecule has 0 saturated heterocycles. The standard InChI is InChI=1S/C7H7Cl2N/c1-2-6-3-5(8)4-7(9)10-6/h3-4H,2H2,1H3. The van der Waals surface area contributed by atoms with Crippen LogP contribution in [0.4, 0.5) is 0 Å². The van der Waals surface area contributed by atoms with Crippen molar-refractivity contribution < 1.29 is 0 Å². The third kappa shape index (κ3) is 1.86. The number of halogens is 2. The summed E-state index contributed by atoms with van der Waals surface area (Å²) in [5.74, 6) is 0. The third-order valence-corrected chi connectivity index (χ3v) is 1.59. The summed E-state index contributed by atoms with van der Waals surface area (Å²) >= 11 is 11.3. The number of hydrogen-bond acceptors (Lipinski definition) is 1. The van der Waals surface area contributed by atoms with E-state index in [0.29, 0.717) is 10.2 Å². The molecule has 0 bridgehead atoms. The molecule has 10 heavy (non-hydrogen) atoms. The molecule has 0 spiro atoms. The molecule has 1 heterocycles. The number of aryl methyl sites for hydroxylation is 1. The maximum atomic E-state index is 5.70. The van der Waals surface area contributed by atoms with Gasteiger partial charge in [-0.05, 0) is 18.6 Å². The van der Waals surface area contributed by atoms with Crippen LogP contribution < -0.4 is 0 Å². The molecule has 1 rings (SSSR count). The predicted octanol–water partition coefficient (Wildman–Crippen LogP) is 2.95. The van der Waals surface area contributed by atoms with Gasteiger partial charge in [0.2, 0.25) is 0 Å². The average molecular weight is 176 g/mol. The Balaban J connectivity index is 3.06. The third-order valence-electron chi connectivity index (χ3n) is 1.17. The van der Waals surface area contributed by atoms with E-state index < -0.39 is 0 Å². The lowest BCUT2D eigenvalue weighted by Gasteiger charge is -1.96. The largest absolute Gasteiger partial charge is 0.241 e. The van der Waals surface area contributed by atoms with Gasteiger partial charge in [-0.1, -0.05) is 30.1 Å². The first kappa shape index (κ1) is 7.83. The molecule has 0 atom stereocenters. The molecule has 0 aliphatic heterocycles. The summed E-state index contributed by atoms with van der Waals surface area (Å²) in [5, 5.41) is 1.11. The summed E-state index contributed by atoms with van der Waals surface area (Å²) in [6, 6.07) is 3.44. The normalized spacial score (nSPS) is 9.90. The first-order valence-corrected chi connectivity index (χ1v) is 3.80. The molecule has 0 aliphatic carbocycles. The van der Waals surface area contributed by atoms with E-state index in [1.807, 2.05) is 13.0 Å². The van der Waals surface area contributed by atoms with Crippen molar-refractivity contribution in [3.05, 3.63) is 28.0 Å². The molecule has 0 radical (unpaired) electrons. The molecule has 1 nitrogen and oxygen atoms in total. The molecular formula is C7H7Cl2N. The van der Waals surface area contributed by atoms with Crippen molar-refractivity contribution in [1.29, 1.82) is 0 Å². The molecule has 0 fully saturated rings. The lowest BCUT2D eigenvalue weighted by atomic mass is 10.3. The number of pyridine rings is 1. The van der Waals surface area contributed by atoms with Crippen molar-refractivity contribution in [2.24, 2.45) is 0 Å². The number of nitrogens with zero attached hydrogens (tertiary/aromatic N) is 1. The number of hydrogen-bond donors (Lipinski definition) is 0. The van der Waals surface area contributed by atoms with Crippen molar-refractivity contribution >= 4 is 23.2 Å². The Labute approximate surface area is 70.0 Å². The van der Waals surface area contributed by atoms with Gasteiger partial charge in [0.25, 0.3) is 0 Å². The first-order chi connectivity index (χ1) is 4.72. The Morgan fingerprint density at radius 1 is 1.40 bits per heavy atom. The minimum atomic E-state index is 0.462. The van der Waals surface area contributed by atoms with E-state index in [2.05, 4.69) is 4.98 Å². The predicted molar refractivity (Wildman–Crippen MR) is 43.6 cm³/mol. The molecule has 0 unspecified atom stereocenters. The summed E-state index contributed by atoms with van der Waals surface area (Å²) in [5.41, 5.74) is 0.928. The van der Waals surface area contributed by atoms with Crippen LogP contribution in [0.5, 0.6) is 0 Å². The zero-order valence-electron chi connectivity index (χ0n) is 5.56.